The van der Waals surface area contributed by atoms with Gasteiger partial charge in [-0.2, -0.15) is 0 Å². The van der Waals surface area contributed by atoms with Gasteiger partial charge in [0.1, 0.15) is 34.9 Å². The molecular formula is C34H55N3O12. The molecule has 0 saturated carbocycles. The zero-order chi connectivity index (χ0) is 38.3. The Morgan fingerprint density at radius 3 is 1.61 bits per heavy atom. The Morgan fingerprint density at radius 1 is 0.755 bits per heavy atom. The number of carbonyl (C=O) groups is 6. The number of hydrogen-bond donors (Lipinski definition) is 5. The number of alkyl carbamates (subject to hydrolysis) is 2. The van der Waals surface area contributed by atoms with E-state index in [9.17, 15) is 28.8 Å². The molecule has 3 atom stereocenters. The summed E-state index contributed by atoms with van der Waals surface area (Å²) >= 11 is 0. The number of likely N-dealkylation sites (tertiary alicyclic amines) is 1. The number of nitrogens with one attached hydrogen (secondary N) is 2. The number of ether oxygens (including phenoxy) is 3. The second kappa shape index (κ2) is 19.4. The summed E-state index contributed by atoms with van der Waals surface area (Å²) in [6.07, 6.45) is -0.521. The maximum Gasteiger partial charge on any atom is 0.411 e. The van der Waals surface area contributed by atoms with Crippen LogP contribution in [-0.2, 0) is 35.0 Å². The third-order valence-electron chi connectivity index (χ3n) is 6.04. The minimum atomic E-state index is -1.09. The van der Waals surface area contributed by atoms with Crippen LogP contribution in [0.25, 0.3) is 0 Å². The number of hydrogen-bond acceptors (Lipinski definition) is 9. The minimum absolute atomic E-state index is 0.185. The van der Waals surface area contributed by atoms with E-state index in [0.29, 0.717) is 13.0 Å². The van der Waals surface area contributed by atoms with Crippen molar-refractivity contribution < 1.29 is 58.3 Å². The van der Waals surface area contributed by atoms with Crippen molar-refractivity contribution in [2.45, 2.75) is 130 Å². The van der Waals surface area contributed by atoms with E-state index in [1.54, 1.807) is 76.2 Å². The van der Waals surface area contributed by atoms with Gasteiger partial charge in [0.2, 0.25) is 0 Å². The molecule has 5 N–H and O–H groups in total. The molecule has 15 heteroatoms. The van der Waals surface area contributed by atoms with Crippen molar-refractivity contribution in [2.24, 2.45) is 5.92 Å². The van der Waals surface area contributed by atoms with Gasteiger partial charge in [0.05, 0.1) is 0 Å². The fourth-order valence-electron chi connectivity index (χ4n) is 4.01. The Hall–Kier alpha value is -4.56. The van der Waals surface area contributed by atoms with Crippen LogP contribution in [0.1, 0.15) is 94.6 Å². The molecule has 49 heavy (non-hydrogen) atoms. The molecule has 3 amide bonds. The van der Waals surface area contributed by atoms with Crippen molar-refractivity contribution in [2.75, 3.05) is 6.54 Å². The van der Waals surface area contributed by atoms with E-state index in [1.165, 1.54) is 4.90 Å². The molecule has 2 rings (SSSR count). The van der Waals surface area contributed by atoms with E-state index in [1.807, 2.05) is 30.3 Å². The van der Waals surface area contributed by atoms with Crippen LogP contribution in [0, 0.1) is 5.92 Å². The van der Waals surface area contributed by atoms with Crippen LogP contribution in [0.3, 0.4) is 0 Å². The van der Waals surface area contributed by atoms with Crippen molar-refractivity contribution in [3.63, 3.8) is 0 Å². The Kier molecular flexibility index (Phi) is 17.6. The SMILES string of the molecule is CC(C)(C)OC(=O)N1CCC[C@H]1C(=O)O.CC(C)(C)OC(=O)N[C@@H](Cc1ccccc1)C(=O)O.CC(C)[C@H](NC(=O)OC(C)(C)C)C(=O)O. The van der Waals surface area contributed by atoms with Gasteiger partial charge in [-0.15, -0.1) is 0 Å². The smallest absolute Gasteiger partial charge is 0.411 e. The van der Waals surface area contributed by atoms with Gasteiger partial charge < -0.3 is 40.2 Å². The van der Waals surface area contributed by atoms with E-state index >= 15 is 0 Å². The lowest BCUT2D eigenvalue weighted by Gasteiger charge is -2.26. The van der Waals surface area contributed by atoms with Gasteiger partial charge in [-0.1, -0.05) is 44.2 Å². The number of carboxylic acid groups (broad SMARTS) is 3. The third-order valence-corrected chi connectivity index (χ3v) is 6.04. The molecule has 0 unspecified atom stereocenters. The van der Waals surface area contributed by atoms with Crippen LogP contribution >= 0.6 is 0 Å². The maximum absolute atomic E-state index is 11.6. The summed E-state index contributed by atoms with van der Waals surface area (Å²) in [5.41, 5.74) is -1.02. The van der Waals surface area contributed by atoms with Crippen molar-refractivity contribution in [1.82, 2.24) is 15.5 Å². The van der Waals surface area contributed by atoms with E-state index in [0.717, 1.165) is 12.0 Å². The van der Waals surface area contributed by atoms with Crippen molar-refractivity contribution in [3.8, 4) is 0 Å². The first kappa shape index (κ1) is 44.4. The molecule has 1 aromatic carbocycles. The lowest BCUT2D eigenvalue weighted by atomic mass is 10.1. The molecule has 1 aliphatic rings. The van der Waals surface area contributed by atoms with Gasteiger partial charge >= 0.3 is 36.2 Å². The maximum atomic E-state index is 11.6. The van der Waals surface area contributed by atoms with Gasteiger partial charge in [0.15, 0.2) is 0 Å². The first-order valence-corrected chi connectivity index (χ1v) is 15.9. The highest BCUT2D eigenvalue weighted by Crippen LogP contribution is 2.20. The highest BCUT2D eigenvalue weighted by molar-refractivity contribution is 5.81. The summed E-state index contributed by atoms with van der Waals surface area (Å²) < 4.78 is 15.1. The fraction of sp³-hybridized carbons (Fsp3) is 0.647. The molecular weight excluding hydrogens is 642 g/mol. The number of benzene rings is 1. The Bertz CT molecular complexity index is 1240. The molecule has 1 aromatic rings. The molecule has 15 nitrogen and oxygen atoms in total. The molecule has 0 spiro atoms. The van der Waals surface area contributed by atoms with Crippen molar-refractivity contribution in [1.29, 1.82) is 0 Å². The van der Waals surface area contributed by atoms with E-state index in [-0.39, 0.29) is 12.3 Å². The van der Waals surface area contributed by atoms with Crippen LogP contribution < -0.4 is 10.6 Å². The van der Waals surface area contributed by atoms with Crippen molar-refractivity contribution in [3.05, 3.63) is 35.9 Å². The van der Waals surface area contributed by atoms with Gasteiger partial charge in [0, 0.05) is 13.0 Å². The van der Waals surface area contributed by atoms with E-state index in [2.05, 4.69) is 10.6 Å². The van der Waals surface area contributed by atoms with Gasteiger partial charge in [-0.3, -0.25) is 4.90 Å². The Labute approximate surface area is 288 Å². The fourth-order valence-corrected chi connectivity index (χ4v) is 4.01. The van der Waals surface area contributed by atoms with Crippen LogP contribution in [0.2, 0.25) is 0 Å². The summed E-state index contributed by atoms with van der Waals surface area (Å²) in [5, 5.41) is 31.5. The second-order valence-corrected chi connectivity index (χ2v) is 14.6. The first-order valence-electron chi connectivity index (χ1n) is 15.9. The average molecular weight is 698 g/mol. The molecule has 0 aliphatic carbocycles. The zero-order valence-electron chi connectivity index (χ0n) is 30.5. The highest BCUT2D eigenvalue weighted by atomic mass is 16.6. The predicted molar refractivity (Wildman–Crippen MR) is 180 cm³/mol. The minimum Gasteiger partial charge on any atom is -0.480 e. The molecule has 1 fully saturated rings. The number of carbonyl (C=O) groups excluding carboxylic acids is 3. The molecule has 1 saturated heterocycles. The summed E-state index contributed by atoms with van der Waals surface area (Å²) in [5.74, 6) is -3.29. The average Bonchev–Trinajstić information content (AvgIpc) is 3.40. The van der Waals surface area contributed by atoms with Gasteiger partial charge in [0.25, 0.3) is 0 Å². The summed E-state index contributed by atoms with van der Waals surface area (Å²) in [6, 6.07) is 6.47. The second-order valence-electron chi connectivity index (χ2n) is 14.6. The quantitative estimate of drug-likeness (QED) is 0.219. The Balaban J connectivity index is 0.000000713. The number of rotatable bonds is 8. The number of aliphatic carboxylic acids is 3. The molecule has 278 valence electrons. The summed E-state index contributed by atoms with van der Waals surface area (Å²) in [7, 11) is 0. The lowest BCUT2D eigenvalue weighted by molar-refractivity contribution is -0.142. The molecule has 1 heterocycles. The summed E-state index contributed by atoms with van der Waals surface area (Å²) in [6.45, 7) is 19.5. The molecule has 0 bridgehead atoms. The largest absolute Gasteiger partial charge is 0.480 e. The molecule has 0 radical (unpaired) electrons. The van der Waals surface area contributed by atoms with Crippen LogP contribution in [0.15, 0.2) is 30.3 Å². The van der Waals surface area contributed by atoms with Crippen LogP contribution in [0.4, 0.5) is 14.4 Å². The number of carboxylic acids is 3. The van der Waals surface area contributed by atoms with E-state index in [4.69, 9.17) is 29.5 Å². The topological polar surface area (TPSA) is 218 Å². The van der Waals surface area contributed by atoms with Crippen LogP contribution in [-0.4, -0.2) is 97.9 Å². The normalized spacial score (nSPS) is 15.6. The molecule has 1 aliphatic heterocycles. The Morgan fingerprint density at radius 2 is 1.22 bits per heavy atom. The monoisotopic (exact) mass is 697 g/mol. The van der Waals surface area contributed by atoms with Crippen molar-refractivity contribution >= 4 is 36.2 Å². The zero-order valence-corrected chi connectivity index (χ0v) is 30.5. The number of nitrogens with zero attached hydrogens (tertiary/aromatic N) is 1. The van der Waals surface area contributed by atoms with E-state index < -0.39 is 71.1 Å². The first-order chi connectivity index (χ1) is 22.2. The molecule has 0 aromatic heterocycles. The lowest BCUT2D eigenvalue weighted by Crippen LogP contribution is -2.46. The number of amides is 3. The third kappa shape index (κ3) is 20.4. The summed E-state index contributed by atoms with van der Waals surface area (Å²) in [4.78, 5) is 68.5. The highest BCUT2D eigenvalue weighted by Gasteiger charge is 2.36. The standard InChI is InChI=1S/C14H19NO4.C10H17NO4.C10H19NO4/c1-14(2,3)19-13(18)15-11(12(16)17)9-10-7-5-4-6-8-10;1-10(2,3)15-9(14)11-6-4-5-7(11)8(12)13;1-6(2)7(8(12)13)11-9(14)15-10(3,4)5/h4-8,11H,9H2,1-3H3,(H,15,18)(H,16,17);7H,4-6H2,1-3H3,(H,12,13);6-7H,1-5H3,(H,11,14)(H,12,13)/t11-;2*7-/m000/s1. The van der Waals surface area contributed by atoms with Gasteiger partial charge in [-0.25, -0.2) is 28.8 Å². The predicted octanol–water partition coefficient (Wildman–Crippen LogP) is 5.30. The van der Waals surface area contributed by atoms with Crippen LogP contribution in [0.5, 0.6) is 0 Å². The van der Waals surface area contributed by atoms with Gasteiger partial charge in [-0.05, 0) is 86.6 Å².